The summed E-state index contributed by atoms with van der Waals surface area (Å²) in [5.41, 5.74) is 0. The van der Waals surface area contributed by atoms with Crippen LogP contribution >= 0.6 is 11.6 Å². The van der Waals surface area contributed by atoms with Crippen molar-refractivity contribution in [1.82, 2.24) is 0 Å². The predicted octanol–water partition coefficient (Wildman–Crippen LogP) is 2.46. The summed E-state index contributed by atoms with van der Waals surface area (Å²) in [6.07, 6.45) is 6.52. The minimum atomic E-state index is 0.553. The van der Waals surface area contributed by atoms with Gasteiger partial charge in [-0.3, -0.25) is 0 Å². The minimum absolute atomic E-state index is 0.553. The average molecular weight is 145 g/mol. The normalized spacial score (nSPS) is 12.0. The highest BCUT2D eigenvalue weighted by Crippen LogP contribution is 2.01. The van der Waals surface area contributed by atoms with Crippen molar-refractivity contribution in [2.75, 3.05) is 7.11 Å². The topological polar surface area (TPSA) is 9.23 Å². The molecule has 0 aliphatic rings. The van der Waals surface area contributed by atoms with Gasteiger partial charge in [0, 0.05) is 0 Å². The van der Waals surface area contributed by atoms with Gasteiger partial charge in [-0.1, -0.05) is 30.3 Å². The highest BCUT2D eigenvalue weighted by Gasteiger charge is 1.78. The van der Waals surface area contributed by atoms with Crippen LogP contribution in [0.25, 0.3) is 0 Å². The number of rotatable bonds is 3. The maximum absolute atomic E-state index is 5.56. The summed E-state index contributed by atoms with van der Waals surface area (Å²) in [4.78, 5) is 0. The van der Waals surface area contributed by atoms with E-state index in [1.807, 2.05) is 0 Å². The molecule has 0 radical (unpaired) electrons. The highest BCUT2D eigenvalue weighted by molar-refractivity contribution is 6.31. The van der Waals surface area contributed by atoms with Crippen LogP contribution in [0.15, 0.2) is 36.1 Å². The largest absolute Gasteiger partial charge is 0.503 e. The van der Waals surface area contributed by atoms with Crippen LogP contribution < -0.4 is 0 Å². The Balaban J connectivity index is 3.74. The molecule has 0 aliphatic carbocycles. The van der Waals surface area contributed by atoms with Crippen molar-refractivity contribution in [3.05, 3.63) is 36.1 Å². The van der Waals surface area contributed by atoms with E-state index in [1.165, 1.54) is 6.26 Å². The Labute approximate surface area is 60.3 Å². The molecular weight excluding hydrogens is 136 g/mol. The number of ether oxygens (including phenoxy) is 1. The fourth-order valence-corrected chi connectivity index (χ4v) is 0.474. The van der Waals surface area contributed by atoms with Crippen molar-refractivity contribution in [2.45, 2.75) is 0 Å². The molecule has 0 unspecified atom stereocenters. The van der Waals surface area contributed by atoms with Crippen molar-refractivity contribution >= 4 is 11.6 Å². The molecular formula is C7H9ClO. The number of hydrogen-bond acceptors (Lipinski definition) is 1. The fraction of sp³-hybridized carbons (Fsp3) is 0.143. The Morgan fingerprint density at radius 1 is 1.67 bits per heavy atom. The summed E-state index contributed by atoms with van der Waals surface area (Å²) < 4.78 is 4.62. The van der Waals surface area contributed by atoms with Gasteiger partial charge in [0.2, 0.25) is 0 Å². The zero-order chi connectivity index (χ0) is 7.11. The molecule has 0 aromatic heterocycles. The minimum Gasteiger partial charge on any atom is -0.503 e. The van der Waals surface area contributed by atoms with Gasteiger partial charge in [0.1, 0.15) is 6.26 Å². The molecule has 1 nitrogen and oxygen atoms in total. The monoisotopic (exact) mass is 144 g/mol. The van der Waals surface area contributed by atoms with Crippen LogP contribution in [0.4, 0.5) is 0 Å². The molecule has 0 fully saturated rings. The Bertz CT molecular complexity index is 136. The van der Waals surface area contributed by atoms with Gasteiger partial charge in [0.05, 0.1) is 12.1 Å². The van der Waals surface area contributed by atoms with Crippen LogP contribution in [0.2, 0.25) is 0 Å². The summed E-state index contributed by atoms with van der Waals surface area (Å²) in [5.74, 6) is 0. The van der Waals surface area contributed by atoms with Gasteiger partial charge in [-0.05, 0) is 6.08 Å². The SMILES string of the molecule is C=C/C=C\C(Cl)=C/OC. The second kappa shape index (κ2) is 5.45. The second-order valence-corrected chi connectivity index (χ2v) is 1.77. The Hall–Kier alpha value is -0.690. The van der Waals surface area contributed by atoms with Crippen LogP contribution in [0, 0.1) is 0 Å². The predicted molar refractivity (Wildman–Crippen MR) is 40.3 cm³/mol. The molecule has 50 valence electrons. The molecule has 0 aromatic carbocycles. The van der Waals surface area contributed by atoms with E-state index in [0.717, 1.165) is 0 Å². The first-order valence-corrected chi connectivity index (χ1v) is 2.86. The van der Waals surface area contributed by atoms with Gasteiger partial charge in [-0.25, -0.2) is 0 Å². The first-order valence-electron chi connectivity index (χ1n) is 2.49. The quantitative estimate of drug-likeness (QED) is 0.437. The van der Waals surface area contributed by atoms with E-state index in [1.54, 1.807) is 25.3 Å². The van der Waals surface area contributed by atoms with Gasteiger partial charge in [0.15, 0.2) is 0 Å². The Morgan fingerprint density at radius 2 is 2.33 bits per heavy atom. The van der Waals surface area contributed by atoms with E-state index in [0.29, 0.717) is 5.03 Å². The molecule has 0 bridgehead atoms. The summed E-state index contributed by atoms with van der Waals surface area (Å²) in [6, 6.07) is 0. The molecule has 0 atom stereocenters. The lowest BCUT2D eigenvalue weighted by molar-refractivity contribution is 0.337. The number of halogens is 1. The zero-order valence-electron chi connectivity index (χ0n) is 5.30. The second-order valence-electron chi connectivity index (χ2n) is 1.33. The maximum atomic E-state index is 5.56. The molecule has 0 spiro atoms. The van der Waals surface area contributed by atoms with E-state index >= 15 is 0 Å². The van der Waals surface area contributed by atoms with Gasteiger partial charge < -0.3 is 4.74 Å². The van der Waals surface area contributed by atoms with Crippen LogP contribution in [0.3, 0.4) is 0 Å². The summed E-state index contributed by atoms with van der Waals surface area (Å²) in [7, 11) is 1.55. The molecule has 0 N–H and O–H groups in total. The van der Waals surface area contributed by atoms with Gasteiger partial charge in [-0.2, -0.15) is 0 Å². The van der Waals surface area contributed by atoms with Crippen molar-refractivity contribution in [1.29, 1.82) is 0 Å². The van der Waals surface area contributed by atoms with Gasteiger partial charge in [-0.15, -0.1) is 0 Å². The fourth-order valence-electron chi connectivity index (χ4n) is 0.312. The highest BCUT2D eigenvalue weighted by atomic mass is 35.5. The van der Waals surface area contributed by atoms with Crippen LogP contribution in [-0.4, -0.2) is 7.11 Å². The third-order valence-electron chi connectivity index (χ3n) is 0.622. The molecule has 2 heteroatoms. The number of hydrogen-bond donors (Lipinski definition) is 0. The van der Waals surface area contributed by atoms with Crippen molar-refractivity contribution < 1.29 is 4.74 Å². The number of allylic oxidation sites excluding steroid dienone is 4. The third kappa shape index (κ3) is 5.18. The van der Waals surface area contributed by atoms with Crippen molar-refractivity contribution in [3.63, 3.8) is 0 Å². The molecule has 0 saturated heterocycles. The van der Waals surface area contributed by atoms with Crippen molar-refractivity contribution in [3.8, 4) is 0 Å². The van der Waals surface area contributed by atoms with E-state index in [2.05, 4.69) is 11.3 Å². The zero-order valence-corrected chi connectivity index (χ0v) is 6.06. The van der Waals surface area contributed by atoms with E-state index in [-0.39, 0.29) is 0 Å². The Morgan fingerprint density at radius 3 is 2.78 bits per heavy atom. The third-order valence-corrected chi connectivity index (χ3v) is 0.837. The lowest BCUT2D eigenvalue weighted by atomic mass is 10.5. The maximum Gasteiger partial charge on any atom is 0.101 e. The first-order chi connectivity index (χ1) is 4.31. The molecule has 9 heavy (non-hydrogen) atoms. The Kier molecular flexibility index (Phi) is 5.03. The molecule has 0 rings (SSSR count). The van der Waals surface area contributed by atoms with E-state index < -0.39 is 0 Å². The summed E-state index contributed by atoms with van der Waals surface area (Å²) >= 11 is 5.56. The van der Waals surface area contributed by atoms with Crippen LogP contribution in [0.5, 0.6) is 0 Å². The molecule has 0 aliphatic heterocycles. The van der Waals surface area contributed by atoms with Gasteiger partial charge in [0.25, 0.3) is 0 Å². The summed E-state index contributed by atoms with van der Waals surface area (Å²) in [6.45, 7) is 3.48. The average Bonchev–Trinajstić information content (AvgIpc) is 1.85. The van der Waals surface area contributed by atoms with Crippen molar-refractivity contribution in [2.24, 2.45) is 0 Å². The summed E-state index contributed by atoms with van der Waals surface area (Å²) in [5, 5.41) is 0.553. The molecule has 0 saturated carbocycles. The first kappa shape index (κ1) is 8.31. The lowest BCUT2D eigenvalue weighted by Gasteiger charge is -1.86. The van der Waals surface area contributed by atoms with E-state index in [4.69, 9.17) is 11.6 Å². The molecule has 0 amide bonds. The van der Waals surface area contributed by atoms with Crippen LogP contribution in [0.1, 0.15) is 0 Å². The smallest absolute Gasteiger partial charge is 0.101 e. The van der Waals surface area contributed by atoms with E-state index in [9.17, 15) is 0 Å². The lowest BCUT2D eigenvalue weighted by Crippen LogP contribution is -1.67. The number of methoxy groups -OCH3 is 1. The van der Waals surface area contributed by atoms with Gasteiger partial charge >= 0.3 is 0 Å². The standard InChI is InChI=1S/C7H9ClO/c1-3-4-5-7(8)6-9-2/h3-6H,1H2,2H3/b5-4-,7-6+. The molecule has 0 aromatic rings. The van der Waals surface area contributed by atoms with Crippen LogP contribution in [-0.2, 0) is 4.74 Å². The molecule has 0 heterocycles.